The summed E-state index contributed by atoms with van der Waals surface area (Å²) in [6, 6.07) is 0. The first kappa shape index (κ1) is 59.5. The third-order valence-electron chi connectivity index (χ3n) is 11.2. The molecule has 360 valence electrons. The van der Waals surface area contributed by atoms with Gasteiger partial charge in [0, 0.05) is 12.8 Å². The second kappa shape index (κ2) is 43.7. The summed E-state index contributed by atoms with van der Waals surface area (Å²) < 4.78 is 34.0. The summed E-state index contributed by atoms with van der Waals surface area (Å²) in [4.78, 5) is 37.7. The van der Waals surface area contributed by atoms with Gasteiger partial charge in [-0.15, -0.1) is 0 Å². The minimum absolute atomic E-state index is 0.0289. The predicted octanol–water partition coefficient (Wildman–Crippen LogP) is 14.5. The van der Waals surface area contributed by atoms with Crippen LogP contribution in [0.3, 0.4) is 0 Å². The van der Waals surface area contributed by atoms with Crippen molar-refractivity contribution in [3.05, 3.63) is 24.3 Å². The Morgan fingerprint density at radius 2 is 0.885 bits per heavy atom. The molecule has 0 aliphatic carbocycles. The second-order valence-corrected chi connectivity index (χ2v) is 20.0. The van der Waals surface area contributed by atoms with E-state index in [1.807, 2.05) is 21.1 Å². The zero-order valence-corrected chi connectivity index (χ0v) is 41.5. The van der Waals surface area contributed by atoms with Gasteiger partial charge in [-0.3, -0.25) is 14.2 Å². The number of hydrogen-bond acceptors (Lipinski definition) is 8. The van der Waals surface area contributed by atoms with E-state index in [0.717, 1.165) is 44.9 Å². The van der Waals surface area contributed by atoms with Crippen molar-refractivity contribution < 1.29 is 42.1 Å². The number of phosphoric acid groups is 1. The molecule has 0 fully saturated rings. The Bertz CT molecular complexity index is 1090. The monoisotopic (exact) mass is 884 g/mol. The molecule has 2 unspecified atom stereocenters. The maximum absolute atomic E-state index is 12.7. The minimum atomic E-state index is -4.63. The van der Waals surface area contributed by atoms with Gasteiger partial charge in [-0.25, -0.2) is 0 Å². The SMILES string of the molecule is CCCCCCC/C=C\C/C=C\CCCCCCCCCCCCCC(=O)OC(COC(=O)CCCCCCCCCCCCCCCC)COP(=O)([O-])OCC[N+](C)(C)C. The van der Waals surface area contributed by atoms with E-state index in [-0.39, 0.29) is 32.0 Å². The average Bonchev–Trinajstić information content (AvgIpc) is 3.21. The number of hydrogen-bond donors (Lipinski definition) is 0. The Hall–Kier alpha value is -1.51. The molecular formula is C51H98NO8P. The smallest absolute Gasteiger partial charge is 0.306 e. The van der Waals surface area contributed by atoms with Crippen molar-refractivity contribution >= 4 is 19.8 Å². The van der Waals surface area contributed by atoms with Crippen LogP contribution in [-0.4, -0.2) is 70.0 Å². The molecule has 0 heterocycles. The third-order valence-corrected chi connectivity index (χ3v) is 12.2. The van der Waals surface area contributed by atoms with Crippen molar-refractivity contribution in [3.8, 4) is 0 Å². The van der Waals surface area contributed by atoms with Crippen molar-refractivity contribution in [1.29, 1.82) is 0 Å². The van der Waals surface area contributed by atoms with E-state index >= 15 is 0 Å². The number of carbonyl (C=O) groups is 2. The van der Waals surface area contributed by atoms with Crippen LogP contribution in [-0.2, 0) is 32.7 Å². The number of phosphoric ester groups is 1. The van der Waals surface area contributed by atoms with Gasteiger partial charge in [-0.2, -0.15) is 0 Å². The van der Waals surface area contributed by atoms with Gasteiger partial charge in [0.2, 0.25) is 0 Å². The fraction of sp³-hybridized carbons (Fsp3) is 0.882. The van der Waals surface area contributed by atoms with Gasteiger partial charge in [0.05, 0.1) is 27.7 Å². The molecule has 9 nitrogen and oxygen atoms in total. The summed E-state index contributed by atoms with van der Waals surface area (Å²) in [5, 5.41) is 0. The van der Waals surface area contributed by atoms with Crippen LogP contribution in [0, 0.1) is 0 Å². The molecule has 0 aromatic heterocycles. The van der Waals surface area contributed by atoms with E-state index in [4.69, 9.17) is 18.5 Å². The number of likely N-dealkylation sites (N-methyl/N-ethyl adjacent to an activating group) is 1. The molecule has 61 heavy (non-hydrogen) atoms. The molecule has 0 aromatic carbocycles. The number of quaternary nitrogens is 1. The molecule has 0 aromatic rings. The first-order valence-corrected chi connectivity index (χ1v) is 27.0. The number of rotatable bonds is 47. The Morgan fingerprint density at radius 3 is 1.30 bits per heavy atom. The molecular weight excluding hydrogens is 786 g/mol. The Balaban J connectivity index is 4.21. The van der Waals surface area contributed by atoms with Crippen LogP contribution in [0.2, 0.25) is 0 Å². The third kappa shape index (κ3) is 47.8. The lowest BCUT2D eigenvalue weighted by molar-refractivity contribution is -0.870. The minimum Gasteiger partial charge on any atom is -0.756 e. The lowest BCUT2D eigenvalue weighted by atomic mass is 10.0. The number of nitrogens with zero attached hydrogens (tertiary/aromatic N) is 1. The molecule has 0 radical (unpaired) electrons. The second-order valence-electron chi connectivity index (χ2n) is 18.5. The lowest BCUT2D eigenvalue weighted by Gasteiger charge is -2.28. The summed E-state index contributed by atoms with van der Waals surface area (Å²) in [5.74, 6) is -0.825. The topological polar surface area (TPSA) is 111 Å². The van der Waals surface area contributed by atoms with Crippen LogP contribution >= 0.6 is 7.82 Å². The standard InChI is InChI=1S/C51H98NO8P/c1-6-8-10-12-14-16-18-20-22-23-24-25-26-27-28-29-30-32-34-36-38-40-42-44-51(54)60-49(48-59-61(55,56)58-46-45-52(3,4)5)47-57-50(53)43-41-39-37-35-33-31-21-19-17-15-13-11-9-7-2/h18,20,23-24,49H,6-17,19,21-22,25-48H2,1-5H3/b20-18-,24-23-. The van der Waals surface area contributed by atoms with Crippen LogP contribution < -0.4 is 4.89 Å². The molecule has 0 saturated heterocycles. The average molecular weight is 884 g/mol. The number of unbranched alkanes of at least 4 members (excludes halogenated alkanes) is 29. The first-order chi connectivity index (χ1) is 29.5. The molecule has 0 saturated carbocycles. The molecule has 0 bridgehead atoms. The summed E-state index contributed by atoms with van der Waals surface area (Å²) in [6.45, 7) is 4.25. The van der Waals surface area contributed by atoms with Crippen LogP contribution in [0.4, 0.5) is 0 Å². The van der Waals surface area contributed by atoms with Gasteiger partial charge < -0.3 is 27.9 Å². The number of esters is 2. The van der Waals surface area contributed by atoms with Crippen LogP contribution in [0.1, 0.15) is 239 Å². The summed E-state index contributed by atoms with van der Waals surface area (Å²) in [7, 11) is 1.17. The normalized spacial score (nSPS) is 13.6. The molecule has 0 amide bonds. The predicted molar refractivity (Wildman–Crippen MR) is 254 cm³/mol. The quantitative estimate of drug-likeness (QED) is 0.0195. The molecule has 10 heteroatoms. The first-order valence-electron chi connectivity index (χ1n) is 25.5. The maximum atomic E-state index is 12.7. The van der Waals surface area contributed by atoms with Gasteiger partial charge in [-0.05, 0) is 44.9 Å². The molecule has 0 N–H and O–H groups in total. The summed E-state index contributed by atoms with van der Waals surface area (Å²) in [5.41, 5.74) is 0. The molecule has 0 spiro atoms. The summed E-state index contributed by atoms with van der Waals surface area (Å²) >= 11 is 0. The van der Waals surface area contributed by atoms with Gasteiger partial charge in [0.25, 0.3) is 7.82 Å². The Labute approximate surface area is 377 Å². The fourth-order valence-corrected chi connectivity index (χ4v) is 7.94. The lowest BCUT2D eigenvalue weighted by Crippen LogP contribution is -2.37. The van der Waals surface area contributed by atoms with E-state index in [0.29, 0.717) is 17.4 Å². The van der Waals surface area contributed by atoms with Gasteiger partial charge >= 0.3 is 11.9 Å². The van der Waals surface area contributed by atoms with E-state index < -0.39 is 26.5 Å². The van der Waals surface area contributed by atoms with Crippen molar-refractivity contribution in [2.45, 2.75) is 245 Å². The zero-order valence-electron chi connectivity index (χ0n) is 40.6. The molecule has 2 atom stereocenters. The summed E-state index contributed by atoms with van der Waals surface area (Å²) in [6.07, 6.45) is 49.2. The van der Waals surface area contributed by atoms with Gasteiger partial charge in [-0.1, -0.05) is 205 Å². The highest BCUT2D eigenvalue weighted by Crippen LogP contribution is 2.38. The van der Waals surface area contributed by atoms with E-state index in [2.05, 4.69) is 38.2 Å². The number of carbonyl (C=O) groups excluding carboxylic acids is 2. The van der Waals surface area contributed by atoms with Crippen LogP contribution in [0.5, 0.6) is 0 Å². The van der Waals surface area contributed by atoms with Crippen molar-refractivity contribution in [2.75, 3.05) is 47.5 Å². The van der Waals surface area contributed by atoms with E-state index in [1.54, 1.807) is 0 Å². The van der Waals surface area contributed by atoms with Gasteiger partial charge in [0.15, 0.2) is 6.10 Å². The van der Waals surface area contributed by atoms with E-state index in [1.165, 1.54) is 161 Å². The van der Waals surface area contributed by atoms with Crippen molar-refractivity contribution in [3.63, 3.8) is 0 Å². The molecule has 0 aliphatic heterocycles. The highest BCUT2D eigenvalue weighted by atomic mass is 31.2. The van der Waals surface area contributed by atoms with Gasteiger partial charge in [0.1, 0.15) is 19.8 Å². The molecule has 0 rings (SSSR count). The van der Waals surface area contributed by atoms with Crippen LogP contribution in [0.15, 0.2) is 24.3 Å². The van der Waals surface area contributed by atoms with E-state index in [9.17, 15) is 19.0 Å². The highest BCUT2D eigenvalue weighted by Gasteiger charge is 2.21. The van der Waals surface area contributed by atoms with Crippen molar-refractivity contribution in [1.82, 2.24) is 0 Å². The highest BCUT2D eigenvalue weighted by molar-refractivity contribution is 7.45. The Kier molecular flexibility index (Phi) is 42.6. The van der Waals surface area contributed by atoms with Crippen molar-refractivity contribution in [2.24, 2.45) is 0 Å². The Morgan fingerprint density at radius 1 is 0.508 bits per heavy atom. The fourth-order valence-electron chi connectivity index (χ4n) is 7.22. The largest absolute Gasteiger partial charge is 0.756 e. The number of allylic oxidation sites excluding steroid dienone is 4. The number of ether oxygens (including phenoxy) is 2. The maximum Gasteiger partial charge on any atom is 0.306 e. The molecule has 0 aliphatic rings. The van der Waals surface area contributed by atoms with Crippen LogP contribution in [0.25, 0.3) is 0 Å². The zero-order chi connectivity index (χ0) is 45.0.